The van der Waals surface area contributed by atoms with Gasteiger partial charge in [-0.05, 0) is 0 Å². The van der Waals surface area contributed by atoms with Crippen LogP contribution in [0.5, 0.6) is 0 Å². The molecule has 0 saturated heterocycles. The summed E-state index contributed by atoms with van der Waals surface area (Å²) in [5, 5.41) is 16.5. The molecular weight excluding hydrogens is 205 g/mol. The molecule has 10 heteroatoms. The van der Waals surface area contributed by atoms with Gasteiger partial charge in [-0.15, -0.1) is 15.2 Å². The molecule has 0 aliphatic rings. The molecule has 0 aromatic heterocycles. The third kappa shape index (κ3) is 1120. The first kappa shape index (κ1) is 16.3. The molecule has 0 aliphatic carbocycles. The second kappa shape index (κ2) is 15.8. The van der Waals surface area contributed by atoms with Gasteiger partial charge >= 0.3 is 19.5 Å². The zero-order valence-corrected chi connectivity index (χ0v) is 6.17. The maximum atomic E-state index is 8.36. The van der Waals surface area contributed by atoms with Crippen LogP contribution in [0.4, 0.5) is 0 Å². The SMILES string of the molecule is NN=C(N)N.O=[N+]([O-])O.[O]=[Co]. The van der Waals surface area contributed by atoms with Gasteiger partial charge in [0.2, 0.25) is 5.96 Å². The summed E-state index contributed by atoms with van der Waals surface area (Å²) >= 11 is 2.31. The third-order valence-electron chi connectivity index (χ3n) is 0.149. The summed E-state index contributed by atoms with van der Waals surface area (Å²) in [7, 11) is 0. The Balaban J connectivity index is -0.0000000965. The zero-order valence-electron chi connectivity index (χ0n) is 5.13. The summed E-state index contributed by atoms with van der Waals surface area (Å²) in [6.07, 6.45) is 0. The van der Waals surface area contributed by atoms with Gasteiger partial charge in [0, 0.05) is 0 Å². The first-order valence-electron chi connectivity index (χ1n) is 1.76. The van der Waals surface area contributed by atoms with E-state index >= 15 is 0 Å². The van der Waals surface area contributed by atoms with Crippen LogP contribution in [0, 0.1) is 10.1 Å². The average Bonchev–Trinajstić information content (AvgIpc) is 1.91. The maximum absolute atomic E-state index is 8.36. The van der Waals surface area contributed by atoms with E-state index in [2.05, 4.69) is 26.6 Å². The summed E-state index contributed by atoms with van der Waals surface area (Å²) in [5.41, 5.74) is 9.39. The van der Waals surface area contributed by atoms with Gasteiger partial charge in [-0.25, -0.2) is 0 Å². The van der Waals surface area contributed by atoms with Gasteiger partial charge in [0.1, 0.15) is 0 Å². The molecule has 0 rings (SSSR count). The Labute approximate surface area is 69.1 Å². The molecule has 0 atom stereocenters. The molecule has 0 heterocycles. The predicted molar refractivity (Wildman–Crippen MR) is 29.5 cm³/mol. The Hall–Kier alpha value is -1.42. The fraction of sp³-hybridized carbons (Fsp3) is 0. The number of nitrogens with two attached hydrogens (primary N) is 3. The first-order chi connectivity index (χ1) is 5.00. The number of rotatable bonds is 0. The van der Waals surface area contributed by atoms with Crippen LogP contribution in [-0.2, 0) is 19.5 Å². The second-order valence-corrected chi connectivity index (χ2v) is 0.792. The van der Waals surface area contributed by atoms with Gasteiger partial charge in [-0.1, -0.05) is 0 Å². The van der Waals surface area contributed by atoms with Crippen molar-refractivity contribution in [3.8, 4) is 0 Å². The summed E-state index contributed by atoms with van der Waals surface area (Å²) in [4.78, 5) is 8.36. The summed E-state index contributed by atoms with van der Waals surface area (Å²) in [5.74, 6) is 4.42. The van der Waals surface area contributed by atoms with E-state index in [1.165, 1.54) is 0 Å². The van der Waals surface area contributed by atoms with Crippen molar-refractivity contribution in [1.29, 1.82) is 0 Å². The van der Waals surface area contributed by atoms with Crippen molar-refractivity contribution >= 4 is 5.96 Å². The van der Waals surface area contributed by atoms with Crippen LogP contribution in [0.2, 0.25) is 0 Å². The van der Waals surface area contributed by atoms with Crippen LogP contribution in [0.15, 0.2) is 5.10 Å². The Bertz CT molecular complexity index is 118. The van der Waals surface area contributed by atoms with E-state index in [0.29, 0.717) is 0 Å². The van der Waals surface area contributed by atoms with Gasteiger partial charge in [-0.2, -0.15) is 0 Å². The van der Waals surface area contributed by atoms with Crippen molar-refractivity contribution in [2.24, 2.45) is 22.4 Å². The molecule has 0 unspecified atom stereocenters. The van der Waals surface area contributed by atoms with E-state index < -0.39 is 5.09 Å². The van der Waals surface area contributed by atoms with Crippen LogP contribution in [0.3, 0.4) is 0 Å². The first-order valence-corrected chi connectivity index (χ1v) is 2.19. The third-order valence-corrected chi connectivity index (χ3v) is 0.149. The molecule has 7 N–H and O–H groups in total. The molecular formula is CH7CoN5O4. The fourth-order valence-corrected chi connectivity index (χ4v) is 0. The number of hydrogen-bond donors (Lipinski definition) is 4. The van der Waals surface area contributed by atoms with Crippen LogP contribution in [0.1, 0.15) is 0 Å². The number of nitrogens with zero attached hydrogens (tertiary/aromatic N) is 2. The van der Waals surface area contributed by atoms with E-state index in [9.17, 15) is 0 Å². The van der Waals surface area contributed by atoms with Crippen molar-refractivity contribution in [2.75, 3.05) is 0 Å². The fourth-order valence-electron chi connectivity index (χ4n) is 0. The zero-order chi connectivity index (χ0) is 9.86. The van der Waals surface area contributed by atoms with Gasteiger partial charge in [-0.3, -0.25) is 0 Å². The minimum atomic E-state index is -1.50. The van der Waals surface area contributed by atoms with Gasteiger partial charge in [0.15, 0.2) is 0 Å². The van der Waals surface area contributed by atoms with Crippen molar-refractivity contribution < 1.29 is 29.8 Å². The molecule has 69 valence electrons. The molecule has 0 saturated carbocycles. The molecule has 9 nitrogen and oxygen atoms in total. The molecule has 0 aromatic rings. The van der Waals surface area contributed by atoms with Crippen molar-refractivity contribution in [1.82, 2.24) is 0 Å². The summed E-state index contributed by atoms with van der Waals surface area (Å²) < 4.78 is 7.94. The van der Waals surface area contributed by atoms with E-state index in [0.717, 1.165) is 0 Å². The minimum absolute atomic E-state index is 0.0926. The van der Waals surface area contributed by atoms with E-state index in [1.54, 1.807) is 0 Å². The van der Waals surface area contributed by atoms with E-state index in [4.69, 9.17) is 30.7 Å². The molecule has 11 heavy (non-hydrogen) atoms. The summed E-state index contributed by atoms with van der Waals surface area (Å²) in [6, 6.07) is 0. The van der Waals surface area contributed by atoms with Crippen molar-refractivity contribution in [3.63, 3.8) is 0 Å². The number of hydrazone groups is 1. The molecule has 0 fully saturated rings. The second-order valence-electron chi connectivity index (χ2n) is 0.792. The molecule has 0 radical (unpaired) electrons. The molecule has 0 spiro atoms. The van der Waals surface area contributed by atoms with E-state index in [-0.39, 0.29) is 5.96 Å². The monoisotopic (exact) mass is 212 g/mol. The average molecular weight is 212 g/mol. The standard InChI is InChI=1S/CH6N4.Co.HNO3.O/c2-1(3)5-4;;2-1(3)4;/h4H2,(H4,2,3,5);;(H,2,3,4);. The number of guanidine groups is 1. The van der Waals surface area contributed by atoms with Crippen LogP contribution in [-0.4, -0.2) is 16.3 Å². The molecule has 0 aromatic carbocycles. The molecule has 0 amide bonds. The summed E-state index contributed by atoms with van der Waals surface area (Å²) in [6.45, 7) is 0. The molecule has 0 bridgehead atoms. The van der Waals surface area contributed by atoms with E-state index in [1.807, 2.05) is 0 Å². The Morgan fingerprint density at radius 1 is 1.55 bits per heavy atom. The Morgan fingerprint density at radius 3 is 1.64 bits per heavy atom. The van der Waals surface area contributed by atoms with Gasteiger partial charge in [0.05, 0.1) is 0 Å². The Kier molecular flexibility index (Phi) is 23.4. The van der Waals surface area contributed by atoms with Crippen molar-refractivity contribution in [3.05, 3.63) is 10.1 Å². The quantitative estimate of drug-likeness (QED) is 0.114. The van der Waals surface area contributed by atoms with Crippen LogP contribution in [0.25, 0.3) is 0 Å². The van der Waals surface area contributed by atoms with Crippen molar-refractivity contribution in [2.45, 2.75) is 0 Å². The topological polar surface area (TPSA) is 171 Å². The van der Waals surface area contributed by atoms with Crippen LogP contribution >= 0.6 is 0 Å². The Morgan fingerprint density at radius 2 is 1.64 bits per heavy atom. The van der Waals surface area contributed by atoms with Crippen LogP contribution < -0.4 is 17.3 Å². The number of hydrogen-bond acceptors (Lipinski definition) is 5. The van der Waals surface area contributed by atoms with Gasteiger partial charge in [0.25, 0.3) is 5.09 Å². The molecule has 0 aliphatic heterocycles. The van der Waals surface area contributed by atoms with Gasteiger partial charge < -0.3 is 22.5 Å². The predicted octanol–water partition coefficient (Wildman–Crippen LogP) is -2.34. The normalized spacial score (nSPS) is 5.55.